The van der Waals surface area contributed by atoms with Gasteiger partial charge in [-0.05, 0) is 30.5 Å². The van der Waals surface area contributed by atoms with Crippen molar-refractivity contribution in [2.75, 3.05) is 0 Å². The Morgan fingerprint density at radius 1 is 1.28 bits per heavy atom. The van der Waals surface area contributed by atoms with Crippen LogP contribution in [0.4, 0.5) is 0 Å². The monoisotopic (exact) mass is 244 g/mol. The second kappa shape index (κ2) is 5.12. The van der Waals surface area contributed by atoms with E-state index in [0.717, 1.165) is 17.7 Å². The van der Waals surface area contributed by atoms with Crippen LogP contribution in [0, 0.1) is 0 Å². The molecule has 1 aromatic carbocycles. The van der Waals surface area contributed by atoms with E-state index in [1.807, 2.05) is 18.4 Å². The smallest absolute Gasteiger partial charge is 0.134 e. The molecule has 0 aliphatic heterocycles. The maximum Gasteiger partial charge on any atom is 0.134 e. The van der Waals surface area contributed by atoms with Crippen molar-refractivity contribution < 1.29 is 4.42 Å². The van der Waals surface area contributed by atoms with E-state index in [-0.39, 0.29) is 0 Å². The fourth-order valence-corrected chi connectivity index (χ4v) is 2.78. The minimum Gasteiger partial charge on any atom is -0.464 e. The first kappa shape index (κ1) is 11.8. The van der Waals surface area contributed by atoms with Gasteiger partial charge in [0.25, 0.3) is 0 Å². The molecule has 2 aromatic rings. The summed E-state index contributed by atoms with van der Waals surface area (Å²) in [6.07, 6.45) is 7.21. The molecule has 96 valence electrons. The molecular formula is C15H20N2O. The van der Waals surface area contributed by atoms with Gasteiger partial charge in [-0.2, -0.15) is 0 Å². The highest BCUT2D eigenvalue weighted by Crippen LogP contribution is 2.24. The fraction of sp³-hybridized carbons (Fsp3) is 0.467. The highest BCUT2D eigenvalue weighted by Gasteiger charge is 2.15. The SMILES string of the molecule is NCc1ccc2occ(CNC3CCCC3)c2c1. The predicted molar refractivity (Wildman–Crippen MR) is 73.2 cm³/mol. The molecule has 0 amide bonds. The molecule has 0 saturated heterocycles. The van der Waals surface area contributed by atoms with Crippen LogP contribution >= 0.6 is 0 Å². The van der Waals surface area contributed by atoms with Crippen molar-refractivity contribution in [2.24, 2.45) is 5.73 Å². The Morgan fingerprint density at radius 3 is 2.89 bits per heavy atom. The minimum absolute atomic E-state index is 0.580. The van der Waals surface area contributed by atoms with Gasteiger partial charge in [0, 0.05) is 30.1 Å². The molecule has 0 bridgehead atoms. The van der Waals surface area contributed by atoms with Gasteiger partial charge in [0.1, 0.15) is 5.58 Å². The molecule has 0 unspecified atom stereocenters. The topological polar surface area (TPSA) is 51.2 Å². The van der Waals surface area contributed by atoms with Crippen LogP contribution < -0.4 is 11.1 Å². The van der Waals surface area contributed by atoms with Gasteiger partial charge in [-0.25, -0.2) is 0 Å². The normalized spacial score (nSPS) is 16.7. The van der Waals surface area contributed by atoms with Gasteiger partial charge in [0.05, 0.1) is 6.26 Å². The Kier molecular flexibility index (Phi) is 3.35. The lowest BCUT2D eigenvalue weighted by Crippen LogP contribution is -2.25. The Morgan fingerprint density at radius 2 is 2.11 bits per heavy atom. The van der Waals surface area contributed by atoms with Crippen LogP contribution in [0.2, 0.25) is 0 Å². The number of hydrogen-bond donors (Lipinski definition) is 2. The first-order valence-corrected chi connectivity index (χ1v) is 6.79. The van der Waals surface area contributed by atoms with Crippen molar-refractivity contribution in [2.45, 2.75) is 44.8 Å². The van der Waals surface area contributed by atoms with Gasteiger partial charge in [-0.15, -0.1) is 0 Å². The number of nitrogens with one attached hydrogen (secondary N) is 1. The molecule has 1 heterocycles. The molecule has 0 spiro atoms. The van der Waals surface area contributed by atoms with Gasteiger partial charge < -0.3 is 15.5 Å². The van der Waals surface area contributed by atoms with Crippen LogP contribution in [0.25, 0.3) is 11.0 Å². The molecule has 18 heavy (non-hydrogen) atoms. The zero-order valence-corrected chi connectivity index (χ0v) is 10.6. The van der Waals surface area contributed by atoms with Crippen LogP contribution in [0.15, 0.2) is 28.9 Å². The Bertz CT molecular complexity index is 526. The highest BCUT2D eigenvalue weighted by atomic mass is 16.3. The standard InChI is InChI=1S/C15H20N2O/c16-8-11-5-6-15-14(7-11)12(10-18-15)9-17-13-3-1-2-4-13/h5-7,10,13,17H,1-4,8-9,16H2. The predicted octanol–water partition coefficient (Wildman–Crippen LogP) is 2.92. The number of hydrogen-bond acceptors (Lipinski definition) is 3. The molecule has 3 nitrogen and oxygen atoms in total. The van der Waals surface area contributed by atoms with E-state index in [4.69, 9.17) is 10.2 Å². The third-order valence-electron chi connectivity index (χ3n) is 3.89. The Labute approximate surface area is 107 Å². The molecule has 1 aliphatic rings. The quantitative estimate of drug-likeness (QED) is 0.869. The molecule has 1 fully saturated rings. The van der Waals surface area contributed by atoms with Crippen LogP contribution in [-0.2, 0) is 13.1 Å². The van der Waals surface area contributed by atoms with E-state index < -0.39 is 0 Å². The largest absolute Gasteiger partial charge is 0.464 e. The first-order valence-electron chi connectivity index (χ1n) is 6.79. The zero-order chi connectivity index (χ0) is 12.4. The molecule has 0 radical (unpaired) electrons. The van der Waals surface area contributed by atoms with E-state index in [0.29, 0.717) is 12.6 Å². The van der Waals surface area contributed by atoms with Crippen molar-refractivity contribution in [3.63, 3.8) is 0 Å². The number of furan rings is 1. The zero-order valence-electron chi connectivity index (χ0n) is 10.6. The highest BCUT2D eigenvalue weighted by molar-refractivity contribution is 5.81. The summed E-state index contributed by atoms with van der Waals surface area (Å²) in [7, 11) is 0. The summed E-state index contributed by atoms with van der Waals surface area (Å²) in [5, 5.41) is 4.82. The molecule has 1 aromatic heterocycles. The lowest BCUT2D eigenvalue weighted by molar-refractivity contribution is 0.520. The summed E-state index contributed by atoms with van der Waals surface area (Å²) < 4.78 is 5.58. The van der Waals surface area contributed by atoms with Gasteiger partial charge in [-0.1, -0.05) is 18.9 Å². The summed E-state index contributed by atoms with van der Waals surface area (Å²) in [5.41, 5.74) is 9.04. The van der Waals surface area contributed by atoms with Crippen molar-refractivity contribution in [1.29, 1.82) is 0 Å². The van der Waals surface area contributed by atoms with E-state index in [1.54, 1.807) is 0 Å². The molecule has 1 aliphatic carbocycles. The summed E-state index contributed by atoms with van der Waals surface area (Å²) in [4.78, 5) is 0. The lowest BCUT2D eigenvalue weighted by Gasteiger charge is -2.10. The molecule has 1 saturated carbocycles. The fourth-order valence-electron chi connectivity index (χ4n) is 2.78. The lowest BCUT2D eigenvalue weighted by atomic mass is 10.1. The maximum absolute atomic E-state index is 5.69. The second-order valence-corrected chi connectivity index (χ2v) is 5.16. The van der Waals surface area contributed by atoms with Crippen LogP contribution in [-0.4, -0.2) is 6.04 Å². The number of rotatable bonds is 4. The van der Waals surface area contributed by atoms with Crippen LogP contribution in [0.5, 0.6) is 0 Å². The Balaban J connectivity index is 1.78. The third-order valence-corrected chi connectivity index (χ3v) is 3.89. The summed E-state index contributed by atoms with van der Waals surface area (Å²) in [6, 6.07) is 6.87. The van der Waals surface area contributed by atoms with Crippen LogP contribution in [0.3, 0.4) is 0 Å². The molecular weight excluding hydrogens is 224 g/mol. The van der Waals surface area contributed by atoms with E-state index >= 15 is 0 Å². The van der Waals surface area contributed by atoms with E-state index in [1.165, 1.54) is 36.6 Å². The summed E-state index contributed by atoms with van der Waals surface area (Å²) in [6.45, 7) is 1.47. The molecule has 3 rings (SSSR count). The summed E-state index contributed by atoms with van der Waals surface area (Å²) in [5.74, 6) is 0. The van der Waals surface area contributed by atoms with Crippen LogP contribution in [0.1, 0.15) is 36.8 Å². The van der Waals surface area contributed by atoms with Crippen molar-refractivity contribution in [1.82, 2.24) is 5.32 Å². The van der Waals surface area contributed by atoms with Crippen molar-refractivity contribution in [3.8, 4) is 0 Å². The number of benzene rings is 1. The van der Waals surface area contributed by atoms with E-state index in [2.05, 4.69) is 11.4 Å². The average molecular weight is 244 g/mol. The third kappa shape index (κ3) is 2.28. The average Bonchev–Trinajstić information content (AvgIpc) is 3.05. The van der Waals surface area contributed by atoms with Crippen molar-refractivity contribution in [3.05, 3.63) is 35.6 Å². The maximum atomic E-state index is 5.69. The van der Waals surface area contributed by atoms with Crippen molar-refractivity contribution >= 4 is 11.0 Å². The van der Waals surface area contributed by atoms with Gasteiger partial charge in [0.2, 0.25) is 0 Å². The molecule has 3 heteroatoms. The first-order chi connectivity index (χ1) is 8.86. The number of nitrogens with two attached hydrogens (primary N) is 1. The minimum atomic E-state index is 0.580. The van der Waals surface area contributed by atoms with E-state index in [9.17, 15) is 0 Å². The Hall–Kier alpha value is -1.32. The number of fused-ring (bicyclic) bond motifs is 1. The summed E-state index contributed by atoms with van der Waals surface area (Å²) >= 11 is 0. The van der Waals surface area contributed by atoms with Gasteiger partial charge in [0.15, 0.2) is 0 Å². The molecule has 0 atom stereocenters. The van der Waals surface area contributed by atoms with Gasteiger partial charge >= 0.3 is 0 Å². The van der Waals surface area contributed by atoms with Gasteiger partial charge in [-0.3, -0.25) is 0 Å². The second-order valence-electron chi connectivity index (χ2n) is 5.16. The molecule has 3 N–H and O–H groups in total.